The fourth-order valence-corrected chi connectivity index (χ4v) is 3.46. The predicted octanol–water partition coefficient (Wildman–Crippen LogP) is 3.35. The highest BCUT2D eigenvalue weighted by molar-refractivity contribution is 5.76. The summed E-state index contributed by atoms with van der Waals surface area (Å²) in [7, 11) is 0. The van der Waals surface area contributed by atoms with E-state index in [0.717, 1.165) is 42.9 Å². The molecule has 0 aromatic carbocycles. The molecule has 3 rings (SSSR count). The minimum absolute atomic E-state index is 0.120. The summed E-state index contributed by atoms with van der Waals surface area (Å²) >= 11 is 0. The van der Waals surface area contributed by atoms with Crippen LogP contribution in [0.15, 0.2) is 24.4 Å². The second kappa shape index (κ2) is 7.16. The van der Waals surface area contributed by atoms with Crippen LogP contribution in [0.3, 0.4) is 0 Å². The van der Waals surface area contributed by atoms with Crippen LogP contribution in [0.5, 0.6) is 0 Å². The Kier molecular flexibility index (Phi) is 4.97. The first kappa shape index (κ1) is 16.7. The van der Waals surface area contributed by atoms with Crippen LogP contribution < -0.4 is 0 Å². The summed E-state index contributed by atoms with van der Waals surface area (Å²) in [4.78, 5) is 19.3. The van der Waals surface area contributed by atoms with Gasteiger partial charge >= 0.3 is 0 Å². The number of carbonyl (C=O) groups excluding carboxylic acids is 1. The second-order valence-electron chi connectivity index (χ2n) is 6.62. The average molecular weight is 326 g/mol. The first-order chi connectivity index (χ1) is 11.6. The summed E-state index contributed by atoms with van der Waals surface area (Å²) in [5.74, 6) is 0.204. The Bertz CT molecular complexity index is 708. The van der Waals surface area contributed by atoms with Crippen LogP contribution in [0, 0.1) is 20.8 Å². The van der Waals surface area contributed by atoms with Crippen molar-refractivity contribution in [2.45, 2.75) is 59.0 Å². The average Bonchev–Trinajstić information content (AvgIpc) is 2.87. The van der Waals surface area contributed by atoms with Gasteiger partial charge in [-0.15, -0.1) is 0 Å². The third-order valence-corrected chi connectivity index (χ3v) is 5.13. The molecule has 0 aliphatic carbocycles. The highest BCUT2D eigenvalue weighted by Crippen LogP contribution is 2.30. The van der Waals surface area contributed by atoms with E-state index in [1.165, 1.54) is 5.56 Å². The van der Waals surface area contributed by atoms with Crippen molar-refractivity contribution in [2.75, 3.05) is 6.54 Å². The number of likely N-dealkylation sites (tertiary alicyclic amines) is 1. The summed E-state index contributed by atoms with van der Waals surface area (Å²) in [5, 5.41) is 4.54. The van der Waals surface area contributed by atoms with Gasteiger partial charge in [0, 0.05) is 31.4 Å². The number of amides is 1. The number of aromatic nitrogens is 3. The minimum Gasteiger partial charge on any atom is -0.334 e. The molecule has 5 heteroatoms. The Labute approximate surface area is 143 Å². The van der Waals surface area contributed by atoms with E-state index < -0.39 is 0 Å². The Morgan fingerprint density at radius 1 is 1.25 bits per heavy atom. The number of aryl methyl sites for hydroxylation is 2. The van der Waals surface area contributed by atoms with Crippen LogP contribution >= 0.6 is 0 Å². The fraction of sp³-hybridized carbons (Fsp3) is 0.526. The van der Waals surface area contributed by atoms with E-state index in [4.69, 9.17) is 0 Å². The third-order valence-electron chi connectivity index (χ3n) is 5.13. The predicted molar refractivity (Wildman–Crippen MR) is 93.6 cm³/mol. The van der Waals surface area contributed by atoms with Gasteiger partial charge in [-0.3, -0.25) is 14.5 Å². The summed E-state index contributed by atoms with van der Waals surface area (Å²) < 4.78 is 1.96. The molecule has 1 amide bonds. The minimum atomic E-state index is 0.120. The molecule has 1 atom stereocenters. The lowest BCUT2D eigenvalue weighted by molar-refractivity contribution is -0.135. The van der Waals surface area contributed by atoms with Crippen molar-refractivity contribution >= 4 is 5.91 Å². The van der Waals surface area contributed by atoms with Crippen molar-refractivity contribution in [3.8, 4) is 0 Å². The molecule has 0 N–H and O–H groups in total. The van der Waals surface area contributed by atoms with E-state index in [0.29, 0.717) is 13.0 Å². The van der Waals surface area contributed by atoms with Crippen molar-refractivity contribution in [1.29, 1.82) is 0 Å². The molecule has 1 fully saturated rings. The molecule has 1 aliphatic heterocycles. The zero-order chi connectivity index (χ0) is 17.1. The van der Waals surface area contributed by atoms with Gasteiger partial charge in [0.15, 0.2) is 0 Å². The molecule has 2 aromatic rings. The van der Waals surface area contributed by atoms with Gasteiger partial charge in [-0.25, -0.2) is 0 Å². The van der Waals surface area contributed by atoms with E-state index in [2.05, 4.69) is 23.9 Å². The lowest BCUT2D eigenvalue weighted by Gasteiger charge is -2.35. The molecule has 2 aromatic heterocycles. The largest absolute Gasteiger partial charge is 0.334 e. The van der Waals surface area contributed by atoms with Gasteiger partial charge in [-0.2, -0.15) is 5.10 Å². The molecule has 0 bridgehead atoms. The topological polar surface area (TPSA) is 51.0 Å². The van der Waals surface area contributed by atoms with Crippen LogP contribution in [-0.2, 0) is 11.3 Å². The summed E-state index contributed by atoms with van der Waals surface area (Å²) in [5.41, 5.74) is 4.42. The summed E-state index contributed by atoms with van der Waals surface area (Å²) in [6.45, 7) is 7.64. The maximum absolute atomic E-state index is 12.8. The molecule has 0 saturated carbocycles. The molecule has 3 heterocycles. The van der Waals surface area contributed by atoms with E-state index in [-0.39, 0.29) is 11.9 Å². The molecular weight excluding hydrogens is 300 g/mol. The van der Waals surface area contributed by atoms with Crippen LogP contribution in [0.2, 0.25) is 0 Å². The standard InChI is InChI=1S/C19H26N4O/c1-14-15(2)21-23(16(14)3)13-10-19(24)22-12-7-5-9-18(22)17-8-4-6-11-20-17/h4,6,8,11,18H,5,7,9-10,12-13H2,1-3H3/t18-/m0/s1. The lowest BCUT2D eigenvalue weighted by atomic mass is 9.98. The Morgan fingerprint density at radius 3 is 2.75 bits per heavy atom. The molecule has 1 aliphatic rings. The molecule has 5 nitrogen and oxygen atoms in total. The SMILES string of the molecule is Cc1nn(CCC(=O)N2CCCC[C@H]2c2ccccn2)c(C)c1C. The third kappa shape index (κ3) is 3.35. The Morgan fingerprint density at radius 2 is 2.08 bits per heavy atom. The van der Waals surface area contributed by atoms with Crippen LogP contribution in [-0.4, -0.2) is 32.1 Å². The number of nitrogens with zero attached hydrogens (tertiary/aromatic N) is 4. The Balaban J connectivity index is 1.69. The normalized spacial score (nSPS) is 18.0. The highest BCUT2D eigenvalue weighted by Gasteiger charge is 2.28. The van der Waals surface area contributed by atoms with Crippen molar-refractivity contribution < 1.29 is 4.79 Å². The maximum Gasteiger partial charge on any atom is 0.224 e. The van der Waals surface area contributed by atoms with Crippen LogP contribution in [0.4, 0.5) is 0 Å². The second-order valence-corrected chi connectivity index (χ2v) is 6.62. The van der Waals surface area contributed by atoms with Gasteiger partial charge < -0.3 is 4.90 Å². The van der Waals surface area contributed by atoms with Crippen LogP contribution in [0.1, 0.15) is 54.4 Å². The first-order valence-corrected chi connectivity index (χ1v) is 8.79. The zero-order valence-electron chi connectivity index (χ0n) is 14.8. The van der Waals surface area contributed by atoms with Gasteiger partial charge in [0.2, 0.25) is 5.91 Å². The monoisotopic (exact) mass is 326 g/mol. The number of pyridine rings is 1. The number of hydrogen-bond acceptors (Lipinski definition) is 3. The quantitative estimate of drug-likeness (QED) is 0.866. The van der Waals surface area contributed by atoms with Crippen molar-refractivity contribution in [3.05, 3.63) is 47.0 Å². The van der Waals surface area contributed by atoms with Crippen molar-refractivity contribution in [1.82, 2.24) is 19.7 Å². The Hall–Kier alpha value is -2.17. The zero-order valence-corrected chi connectivity index (χ0v) is 14.8. The van der Waals surface area contributed by atoms with Crippen molar-refractivity contribution in [3.63, 3.8) is 0 Å². The smallest absolute Gasteiger partial charge is 0.224 e. The van der Waals surface area contributed by atoms with Crippen LogP contribution in [0.25, 0.3) is 0 Å². The molecule has 24 heavy (non-hydrogen) atoms. The van der Waals surface area contributed by atoms with E-state index >= 15 is 0 Å². The number of carbonyl (C=O) groups is 1. The van der Waals surface area contributed by atoms with Gasteiger partial charge in [-0.1, -0.05) is 6.07 Å². The number of piperidine rings is 1. The summed E-state index contributed by atoms with van der Waals surface area (Å²) in [6.07, 6.45) is 5.54. The van der Waals surface area contributed by atoms with E-state index in [9.17, 15) is 4.79 Å². The molecule has 128 valence electrons. The molecule has 0 spiro atoms. The first-order valence-electron chi connectivity index (χ1n) is 8.79. The van der Waals surface area contributed by atoms with Gasteiger partial charge in [0.1, 0.15) is 0 Å². The number of hydrogen-bond donors (Lipinski definition) is 0. The molecular formula is C19H26N4O. The fourth-order valence-electron chi connectivity index (χ4n) is 3.46. The summed E-state index contributed by atoms with van der Waals surface area (Å²) in [6, 6.07) is 6.07. The van der Waals surface area contributed by atoms with Gasteiger partial charge in [0.05, 0.1) is 17.4 Å². The van der Waals surface area contributed by atoms with Crippen molar-refractivity contribution in [2.24, 2.45) is 0 Å². The maximum atomic E-state index is 12.8. The molecule has 1 saturated heterocycles. The lowest BCUT2D eigenvalue weighted by Crippen LogP contribution is -2.39. The van der Waals surface area contributed by atoms with E-state index in [1.54, 1.807) is 0 Å². The van der Waals surface area contributed by atoms with Gasteiger partial charge in [-0.05, 0) is 57.7 Å². The molecule has 0 radical (unpaired) electrons. The highest BCUT2D eigenvalue weighted by atomic mass is 16.2. The van der Waals surface area contributed by atoms with E-state index in [1.807, 2.05) is 40.9 Å². The molecule has 0 unspecified atom stereocenters. The number of rotatable bonds is 4. The van der Waals surface area contributed by atoms with Gasteiger partial charge in [0.25, 0.3) is 0 Å².